The van der Waals surface area contributed by atoms with Gasteiger partial charge in [-0.05, 0) is 49.9 Å². The molecule has 6 nitrogen and oxygen atoms in total. The van der Waals surface area contributed by atoms with Gasteiger partial charge in [0, 0.05) is 62.8 Å². The fraction of sp³-hybridized carbons (Fsp3) is 0.550. The molecule has 6 heteroatoms. The van der Waals surface area contributed by atoms with Crippen molar-refractivity contribution in [1.82, 2.24) is 24.6 Å². The summed E-state index contributed by atoms with van der Waals surface area (Å²) >= 11 is 0. The monoisotopic (exact) mass is 353 g/mol. The first-order valence-corrected chi connectivity index (χ1v) is 9.54. The molecule has 0 N–H and O–H groups in total. The Labute approximate surface area is 154 Å². The highest BCUT2D eigenvalue weighted by Crippen LogP contribution is 2.40. The molecule has 0 saturated carbocycles. The number of hydrogen-bond donors (Lipinski definition) is 0. The summed E-state index contributed by atoms with van der Waals surface area (Å²) in [5, 5.41) is 4.28. The first-order chi connectivity index (χ1) is 12.6. The number of carbonyl (C=O) groups excluding carboxylic acids is 1. The van der Waals surface area contributed by atoms with Crippen molar-refractivity contribution < 1.29 is 4.79 Å². The molecule has 0 bridgehead atoms. The van der Waals surface area contributed by atoms with Gasteiger partial charge < -0.3 is 4.90 Å². The molecule has 138 valence electrons. The highest BCUT2D eigenvalue weighted by Gasteiger charge is 2.45. The minimum Gasteiger partial charge on any atom is -0.333 e. The van der Waals surface area contributed by atoms with Gasteiger partial charge in [-0.1, -0.05) is 0 Å². The van der Waals surface area contributed by atoms with Crippen molar-refractivity contribution in [3.05, 3.63) is 48.0 Å². The maximum Gasteiger partial charge on any atom is 0.223 e. The second kappa shape index (κ2) is 7.19. The SMILES string of the molecule is Cn1cc(CN2CCCC3(CCC(=O)N3Cc3ccncc3)CC2)cn1. The van der Waals surface area contributed by atoms with Crippen LogP contribution < -0.4 is 0 Å². The molecule has 4 rings (SSSR count). The van der Waals surface area contributed by atoms with E-state index in [1.807, 2.05) is 42.5 Å². The highest BCUT2D eigenvalue weighted by atomic mass is 16.2. The van der Waals surface area contributed by atoms with Crippen LogP contribution in [0.15, 0.2) is 36.9 Å². The number of nitrogens with zero attached hydrogens (tertiary/aromatic N) is 5. The van der Waals surface area contributed by atoms with Gasteiger partial charge in [0.1, 0.15) is 0 Å². The summed E-state index contributed by atoms with van der Waals surface area (Å²) < 4.78 is 1.86. The van der Waals surface area contributed by atoms with Crippen LogP contribution in [0.25, 0.3) is 0 Å². The first kappa shape index (κ1) is 17.2. The summed E-state index contributed by atoms with van der Waals surface area (Å²) in [6.45, 7) is 3.79. The number of likely N-dealkylation sites (tertiary alicyclic amines) is 2. The summed E-state index contributed by atoms with van der Waals surface area (Å²) in [6, 6.07) is 4.04. The Morgan fingerprint density at radius 2 is 1.92 bits per heavy atom. The van der Waals surface area contributed by atoms with Crippen LogP contribution in [0.5, 0.6) is 0 Å². The van der Waals surface area contributed by atoms with Gasteiger partial charge in [-0.15, -0.1) is 0 Å². The predicted molar refractivity (Wildman–Crippen MR) is 99.1 cm³/mol. The maximum absolute atomic E-state index is 12.6. The third-order valence-electron chi connectivity index (χ3n) is 5.94. The normalized spacial score (nSPS) is 24.3. The van der Waals surface area contributed by atoms with Gasteiger partial charge in [-0.3, -0.25) is 19.4 Å². The fourth-order valence-corrected chi connectivity index (χ4v) is 4.53. The van der Waals surface area contributed by atoms with E-state index in [1.165, 1.54) is 11.1 Å². The number of amides is 1. The van der Waals surface area contributed by atoms with Crippen molar-refractivity contribution in [2.75, 3.05) is 13.1 Å². The molecule has 0 aromatic carbocycles. The van der Waals surface area contributed by atoms with Gasteiger partial charge in [0.25, 0.3) is 0 Å². The minimum absolute atomic E-state index is 0.0318. The van der Waals surface area contributed by atoms with E-state index in [0.717, 1.165) is 45.3 Å². The molecule has 0 aliphatic carbocycles. The molecule has 1 atom stereocenters. The second-order valence-corrected chi connectivity index (χ2v) is 7.71. The molecule has 1 amide bonds. The van der Waals surface area contributed by atoms with E-state index in [9.17, 15) is 4.79 Å². The van der Waals surface area contributed by atoms with Gasteiger partial charge in [-0.2, -0.15) is 5.10 Å². The molecule has 0 radical (unpaired) electrons. The van der Waals surface area contributed by atoms with E-state index in [4.69, 9.17) is 0 Å². The molecular weight excluding hydrogens is 326 g/mol. The lowest BCUT2D eigenvalue weighted by molar-refractivity contribution is -0.132. The van der Waals surface area contributed by atoms with Crippen LogP contribution in [0.3, 0.4) is 0 Å². The fourth-order valence-electron chi connectivity index (χ4n) is 4.53. The number of aromatic nitrogens is 3. The molecule has 2 aromatic heterocycles. The molecule has 1 spiro atoms. The lowest BCUT2D eigenvalue weighted by Gasteiger charge is -2.38. The average molecular weight is 353 g/mol. The summed E-state index contributed by atoms with van der Waals surface area (Å²) in [5.74, 6) is 0.308. The summed E-state index contributed by atoms with van der Waals surface area (Å²) in [5.41, 5.74) is 2.47. The molecule has 2 fully saturated rings. The van der Waals surface area contributed by atoms with E-state index in [1.54, 1.807) is 0 Å². The Morgan fingerprint density at radius 3 is 2.69 bits per heavy atom. The van der Waals surface area contributed by atoms with Crippen LogP contribution in [0, 0.1) is 0 Å². The number of rotatable bonds is 4. The summed E-state index contributed by atoms with van der Waals surface area (Å²) in [6.07, 6.45) is 12.7. The predicted octanol–water partition coefficient (Wildman–Crippen LogP) is 2.36. The van der Waals surface area contributed by atoms with Gasteiger partial charge in [-0.25, -0.2) is 0 Å². The number of pyridine rings is 1. The zero-order chi connectivity index (χ0) is 18.0. The molecular formula is C20H27N5O. The largest absolute Gasteiger partial charge is 0.333 e. The third kappa shape index (κ3) is 3.51. The topological polar surface area (TPSA) is 54.3 Å². The second-order valence-electron chi connectivity index (χ2n) is 7.71. The number of aryl methyl sites for hydroxylation is 1. The lowest BCUT2D eigenvalue weighted by Crippen LogP contribution is -2.45. The summed E-state index contributed by atoms with van der Waals surface area (Å²) in [7, 11) is 1.96. The van der Waals surface area contributed by atoms with Gasteiger partial charge >= 0.3 is 0 Å². The first-order valence-electron chi connectivity index (χ1n) is 9.54. The van der Waals surface area contributed by atoms with E-state index in [-0.39, 0.29) is 5.54 Å². The molecule has 2 aromatic rings. The lowest BCUT2D eigenvalue weighted by atomic mass is 9.87. The molecule has 26 heavy (non-hydrogen) atoms. The zero-order valence-electron chi connectivity index (χ0n) is 15.5. The van der Waals surface area contributed by atoms with Gasteiger partial charge in [0.15, 0.2) is 0 Å². The molecule has 2 aliphatic heterocycles. The van der Waals surface area contributed by atoms with Crippen LogP contribution in [0.4, 0.5) is 0 Å². The van der Waals surface area contributed by atoms with Crippen molar-refractivity contribution in [3.8, 4) is 0 Å². The molecule has 2 saturated heterocycles. The van der Waals surface area contributed by atoms with E-state index in [0.29, 0.717) is 18.9 Å². The number of carbonyl (C=O) groups is 1. The molecule has 2 aliphatic rings. The van der Waals surface area contributed by atoms with Crippen LogP contribution in [-0.4, -0.2) is 49.1 Å². The van der Waals surface area contributed by atoms with Crippen molar-refractivity contribution in [1.29, 1.82) is 0 Å². The molecule has 4 heterocycles. The highest BCUT2D eigenvalue weighted by molar-refractivity contribution is 5.79. The van der Waals surface area contributed by atoms with Gasteiger partial charge in [0.2, 0.25) is 5.91 Å². The smallest absolute Gasteiger partial charge is 0.223 e. The van der Waals surface area contributed by atoms with E-state index in [2.05, 4.69) is 26.1 Å². The Morgan fingerprint density at radius 1 is 1.08 bits per heavy atom. The van der Waals surface area contributed by atoms with Crippen LogP contribution in [-0.2, 0) is 24.9 Å². The van der Waals surface area contributed by atoms with E-state index >= 15 is 0 Å². The van der Waals surface area contributed by atoms with Crippen LogP contribution in [0.1, 0.15) is 43.2 Å². The van der Waals surface area contributed by atoms with Crippen molar-refractivity contribution >= 4 is 5.91 Å². The Balaban J connectivity index is 1.46. The van der Waals surface area contributed by atoms with Crippen LogP contribution >= 0.6 is 0 Å². The Bertz CT molecular complexity index is 759. The quantitative estimate of drug-likeness (QED) is 0.847. The van der Waals surface area contributed by atoms with Crippen molar-refractivity contribution in [2.45, 2.75) is 50.7 Å². The van der Waals surface area contributed by atoms with Gasteiger partial charge in [0.05, 0.1) is 6.20 Å². The Hall–Kier alpha value is -2.21. The molecule has 1 unspecified atom stereocenters. The van der Waals surface area contributed by atoms with Crippen molar-refractivity contribution in [2.24, 2.45) is 7.05 Å². The average Bonchev–Trinajstić information content (AvgIpc) is 3.10. The van der Waals surface area contributed by atoms with E-state index < -0.39 is 0 Å². The zero-order valence-corrected chi connectivity index (χ0v) is 15.5. The minimum atomic E-state index is 0.0318. The van der Waals surface area contributed by atoms with Crippen molar-refractivity contribution in [3.63, 3.8) is 0 Å². The van der Waals surface area contributed by atoms with Crippen LogP contribution in [0.2, 0.25) is 0 Å². The third-order valence-corrected chi connectivity index (χ3v) is 5.94. The standard InChI is InChI=1S/C20H27N5O/c1-23-14-18(13-22-23)15-24-11-2-6-20(8-12-24)7-3-19(26)25(20)16-17-4-9-21-10-5-17/h4-5,9-10,13-14H,2-3,6-8,11-12,15-16H2,1H3. The summed E-state index contributed by atoms with van der Waals surface area (Å²) in [4.78, 5) is 21.4. The Kier molecular flexibility index (Phi) is 4.76. The number of hydrogen-bond acceptors (Lipinski definition) is 4. The maximum atomic E-state index is 12.6.